The molecule has 1 saturated heterocycles. The Morgan fingerprint density at radius 3 is 2.58 bits per heavy atom. The predicted octanol–water partition coefficient (Wildman–Crippen LogP) is 3.87. The van der Waals surface area contributed by atoms with Gasteiger partial charge in [0.2, 0.25) is 0 Å². The van der Waals surface area contributed by atoms with Gasteiger partial charge in [-0.2, -0.15) is 0 Å². The minimum absolute atomic E-state index is 0.00213. The van der Waals surface area contributed by atoms with E-state index in [-0.39, 0.29) is 29.4 Å². The molecular weight excluding hydrogens is 490 g/mol. The number of benzene rings is 2. The average molecular weight is 512 g/mol. The van der Waals surface area contributed by atoms with Crippen LogP contribution in [0.2, 0.25) is 0 Å². The first-order valence-corrected chi connectivity index (χ1v) is 11.1. The van der Waals surface area contributed by atoms with E-state index in [4.69, 9.17) is 4.74 Å². The smallest absolute Gasteiger partial charge is 0.295 e. The van der Waals surface area contributed by atoms with Crippen LogP contribution in [-0.4, -0.2) is 50.0 Å². The number of aromatic hydroxyl groups is 1. The van der Waals surface area contributed by atoms with Crippen LogP contribution in [-0.2, 0) is 16.1 Å². The van der Waals surface area contributed by atoms with Gasteiger partial charge in [0.05, 0.1) is 25.1 Å². The van der Waals surface area contributed by atoms with Crippen molar-refractivity contribution in [3.05, 3.63) is 82.4 Å². The zero-order chi connectivity index (χ0) is 23.5. The van der Waals surface area contributed by atoms with Crippen LogP contribution in [0.15, 0.2) is 71.2 Å². The number of carbonyl (C=O) groups is 2. The van der Waals surface area contributed by atoms with Crippen LogP contribution in [0.5, 0.6) is 11.5 Å². The molecule has 1 atom stereocenters. The van der Waals surface area contributed by atoms with E-state index in [1.54, 1.807) is 48.9 Å². The van der Waals surface area contributed by atoms with Crippen molar-refractivity contribution in [1.82, 2.24) is 14.5 Å². The molecule has 0 spiro atoms. The summed E-state index contributed by atoms with van der Waals surface area (Å²) >= 11 is 3.35. The fraction of sp³-hybridized carbons (Fsp3) is 0.208. The van der Waals surface area contributed by atoms with Gasteiger partial charge in [0.1, 0.15) is 5.76 Å². The third-order valence-corrected chi connectivity index (χ3v) is 6.08. The van der Waals surface area contributed by atoms with E-state index < -0.39 is 17.7 Å². The van der Waals surface area contributed by atoms with Gasteiger partial charge in [-0.05, 0) is 36.2 Å². The van der Waals surface area contributed by atoms with Crippen LogP contribution in [0.4, 0.5) is 0 Å². The van der Waals surface area contributed by atoms with Crippen molar-refractivity contribution in [3.8, 4) is 11.5 Å². The lowest BCUT2D eigenvalue weighted by atomic mass is 9.95. The number of aliphatic hydroxyl groups excluding tert-OH is 1. The number of rotatable bonds is 7. The Hall–Kier alpha value is -3.59. The van der Waals surface area contributed by atoms with Crippen LogP contribution in [0.3, 0.4) is 0 Å². The molecule has 0 unspecified atom stereocenters. The van der Waals surface area contributed by atoms with Crippen molar-refractivity contribution < 1.29 is 24.5 Å². The van der Waals surface area contributed by atoms with E-state index in [0.717, 1.165) is 4.47 Å². The summed E-state index contributed by atoms with van der Waals surface area (Å²) in [5, 5.41) is 21.1. The minimum Gasteiger partial charge on any atom is -0.507 e. The molecular formula is C24H22BrN3O5. The van der Waals surface area contributed by atoms with Crippen molar-refractivity contribution in [2.45, 2.75) is 19.0 Å². The Morgan fingerprint density at radius 1 is 1.15 bits per heavy atom. The number of ether oxygens (including phenoxy) is 1. The second kappa shape index (κ2) is 9.50. The normalized spacial score (nSPS) is 17.5. The van der Waals surface area contributed by atoms with E-state index in [2.05, 4.69) is 20.9 Å². The number of aromatic nitrogens is 2. The SMILES string of the molecule is COc1cc([C@@H]2C(=C(O)c3ccc(Br)cc3)C(=O)C(=O)N2CCCn2ccnc2)ccc1O. The van der Waals surface area contributed by atoms with Gasteiger partial charge in [0, 0.05) is 35.5 Å². The van der Waals surface area contributed by atoms with Gasteiger partial charge in [-0.15, -0.1) is 0 Å². The second-order valence-corrected chi connectivity index (χ2v) is 8.50. The number of halogens is 1. The largest absolute Gasteiger partial charge is 0.507 e. The van der Waals surface area contributed by atoms with Crippen LogP contribution in [0.25, 0.3) is 5.76 Å². The summed E-state index contributed by atoms with van der Waals surface area (Å²) in [5.74, 6) is -1.55. The Bertz CT molecular complexity index is 1210. The van der Waals surface area contributed by atoms with Crippen LogP contribution in [0, 0.1) is 0 Å². The molecule has 1 aromatic heterocycles. The number of carbonyl (C=O) groups excluding carboxylic acids is 2. The van der Waals surface area contributed by atoms with Crippen molar-refractivity contribution in [1.29, 1.82) is 0 Å². The third kappa shape index (κ3) is 4.49. The molecule has 8 nitrogen and oxygen atoms in total. The molecule has 1 amide bonds. The summed E-state index contributed by atoms with van der Waals surface area (Å²) in [6, 6.07) is 10.6. The lowest BCUT2D eigenvalue weighted by Crippen LogP contribution is -2.31. The maximum Gasteiger partial charge on any atom is 0.295 e. The average Bonchev–Trinajstić information content (AvgIpc) is 3.42. The standard InChI is InChI=1S/C24H22BrN3O5/c1-33-19-13-16(5-8-18(19)29)21-20(22(30)15-3-6-17(25)7-4-15)23(31)24(32)28(21)11-2-10-27-12-9-26-14-27/h3-9,12-14,21,29-30H,2,10-11H2,1H3/t21-/m1/s1. The first-order valence-electron chi connectivity index (χ1n) is 10.3. The Morgan fingerprint density at radius 2 is 1.91 bits per heavy atom. The highest BCUT2D eigenvalue weighted by atomic mass is 79.9. The molecule has 0 bridgehead atoms. The van der Waals surface area contributed by atoms with Gasteiger partial charge in [-0.1, -0.05) is 34.1 Å². The quantitative estimate of drug-likeness (QED) is 0.283. The summed E-state index contributed by atoms with van der Waals surface area (Å²) in [6.45, 7) is 0.898. The molecule has 1 fully saturated rings. The summed E-state index contributed by atoms with van der Waals surface area (Å²) < 4.78 is 7.93. The Kier molecular flexibility index (Phi) is 6.50. The number of hydrogen-bond acceptors (Lipinski definition) is 6. The van der Waals surface area contributed by atoms with Crippen molar-refractivity contribution in [2.24, 2.45) is 0 Å². The fourth-order valence-electron chi connectivity index (χ4n) is 3.93. The monoisotopic (exact) mass is 511 g/mol. The Labute approximate surface area is 198 Å². The highest BCUT2D eigenvalue weighted by Gasteiger charge is 2.46. The maximum atomic E-state index is 13.1. The molecule has 2 aromatic carbocycles. The molecule has 2 N–H and O–H groups in total. The predicted molar refractivity (Wildman–Crippen MR) is 125 cm³/mol. The van der Waals surface area contributed by atoms with E-state index in [1.807, 2.05) is 10.8 Å². The van der Waals surface area contributed by atoms with Crippen molar-refractivity contribution in [3.63, 3.8) is 0 Å². The first-order chi connectivity index (χ1) is 15.9. The summed E-state index contributed by atoms with van der Waals surface area (Å²) in [5.41, 5.74) is 0.966. The summed E-state index contributed by atoms with van der Waals surface area (Å²) in [4.78, 5) is 31.6. The molecule has 0 radical (unpaired) electrons. The number of methoxy groups -OCH3 is 1. The van der Waals surface area contributed by atoms with Gasteiger partial charge in [0.15, 0.2) is 11.5 Å². The molecule has 2 heterocycles. The van der Waals surface area contributed by atoms with Gasteiger partial charge < -0.3 is 24.4 Å². The van der Waals surface area contributed by atoms with Crippen molar-refractivity contribution >= 4 is 33.4 Å². The lowest BCUT2D eigenvalue weighted by molar-refractivity contribution is -0.139. The number of aryl methyl sites for hydroxylation is 1. The molecule has 0 aliphatic carbocycles. The van der Waals surface area contributed by atoms with E-state index in [9.17, 15) is 19.8 Å². The number of imidazole rings is 1. The van der Waals surface area contributed by atoms with Gasteiger partial charge in [0.25, 0.3) is 11.7 Å². The van der Waals surface area contributed by atoms with Gasteiger partial charge in [-0.3, -0.25) is 9.59 Å². The second-order valence-electron chi connectivity index (χ2n) is 7.58. The number of likely N-dealkylation sites (tertiary alicyclic amines) is 1. The minimum atomic E-state index is -0.828. The molecule has 4 rings (SSSR count). The number of nitrogens with zero attached hydrogens (tertiary/aromatic N) is 3. The fourth-order valence-corrected chi connectivity index (χ4v) is 4.19. The molecule has 1 aliphatic heterocycles. The number of Topliss-reactive ketones (excluding diaryl/α,β-unsaturated/α-hetero) is 1. The third-order valence-electron chi connectivity index (χ3n) is 5.55. The number of amides is 1. The van der Waals surface area contributed by atoms with Crippen molar-refractivity contribution in [2.75, 3.05) is 13.7 Å². The zero-order valence-corrected chi connectivity index (χ0v) is 19.4. The van der Waals surface area contributed by atoms with E-state index in [0.29, 0.717) is 24.1 Å². The molecule has 170 valence electrons. The molecule has 3 aromatic rings. The van der Waals surface area contributed by atoms with Gasteiger partial charge in [-0.25, -0.2) is 4.98 Å². The zero-order valence-electron chi connectivity index (χ0n) is 17.8. The molecule has 9 heteroatoms. The molecule has 33 heavy (non-hydrogen) atoms. The topological polar surface area (TPSA) is 105 Å². The summed E-state index contributed by atoms with van der Waals surface area (Å²) in [7, 11) is 1.42. The molecule has 1 aliphatic rings. The summed E-state index contributed by atoms with van der Waals surface area (Å²) in [6.07, 6.45) is 5.76. The highest BCUT2D eigenvalue weighted by molar-refractivity contribution is 9.10. The van der Waals surface area contributed by atoms with Gasteiger partial charge >= 0.3 is 0 Å². The highest BCUT2D eigenvalue weighted by Crippen LogP contribution is 2.41. The van der Waals surface area contributed by atoms with Crippen LogP contribution in [0.1, 0.15) is 23.6 Å². The lowest BCUT2D eigenvalue weighted by Gasteiger charge is -2.26. The van der Waals surface area contributed by atoms with E-state index >= 15 is 0 Å². The first kappa shape index (κ1) is 22.6. The van der Waals surface area contributed by atoms with Crippen LogP contribution < -0.4 is 4.74 Å². The number of aliphatic hydroxyl groups is 1. The molecule has 0 saturated carbocycles. The maximum absolute atomic E-state index is 13.1. The number of ketones is 1. The van der Waals surface area contributed by atoms with Crippen LogP contribution >= 0.6 is 15.9 Å². The Balaban J connectivity index is 1.76. The van der Waals surface area contributed by atoms with E-state index in [1.165, 1.54) is 18.1 Å². The number of phenolic OH excluding ortho intramolecular Hbond substituents is 1. The number of hydrogen-bond donors (Lipinski definition) is 2. The number of phenols is 1.